The van der Waals surface area contributed by atoms with Crippen LogP contribution in [0.4, 0.5) is 0 Å². The van der Waals surface area contributed by atoms with Gasteiger partial charge in [-0.05, 0) is 47.0 Å². The Balaban J connectivity index is 2.15. The van der Waals surface area contributed by atoms with Gasteiger partial charge in [0.05, 0.1) is 10.7 Å². The van der Waals surface area contributed by atoms with Crippen molar-refractivity contribution >= 4 is 39.1 Å². The molecule has 3 nitrogen and oxygen atoms in total. The highest BCUT2D eigenvalue weighted by Crippen LogP contribution is 2.36. The smallest absolute Gasteiger partial charge is 0.265 e. The van der Waals surface area contributed by atoms with Gasteiger partial charge in [-0.2, -0.15) is 0 Å². The Morgan fingerprint density at radius 1 is 1.24 bits per heavy atom. The predicted molar refractivity (Wildman–Crippen MR) is 89.2 cm³/mol. The molecule has 2 aromatic rings. The molecule has 0 saturated heterocycles. The summed E-state index contributed by atoms with van der Waals surface area (Å²) in [7, 11) is 0. The van der Waals surface area contributed by atoms with E-state index in [1.807, 2.05) is 0 Å². The fraction of sp³-hybridized carbons (Fsp3) is 0.333. The molecule has 6 heteroatoms. The molecule has 0 bridgehead atoms. The molecule has 0 radical (unpaired) electrons. The van der Waals surface area contributed by atoms with E-state index in [0.29, 0.717) is 31.8 Å². The molecule has 3 rings (SSSR count). The second kappa shape index (κ2) is 6.11. The topological polar surface area (TPSA) is 45.8 Å². The van der Waals surface area contributed by atoms with Crippen LogP contribution in [0.3, 0.4) is 0 Å². The minimum atomic E-state index is -0.182. The monoisotopic (exact) mass is 386 g/mol. The SMILES string of the molecule is O=c1[nH]c(-c2cc(Cl)ccc2Cl)nc(C2CCCC2)c1Br. The van der Waals surface area contributed by atoms with E-state index in [9.17, 15) is 4.79 Å². The molecule has 1 fully saturated rings. The Morgan fingerprint density at radius 2 is 1.95 bits per heavy atom. The highest BCUT2D eigenvalue weighted by atomic mass is 79.9. The van der Waals surface area contributed by atoms with Gasteiger partial charge in [-0.3, -0.25) is 4.79 Å². The van der Waals surface area contributed by atoms with Crippen molar-refractivity contribution in [3.8, 4) is 11.4 Å². The number of nitrogens with zero attached hydrogens (tertiary/aromatic N) is 1. The summed E-state index contributed by atoms with van der Waals surface area (Å²) in [6.07, 6.45) is 4.49. The van der Waals surface area contributed by atoms with Crippen molar-refractivity contribution in [2.45, 2.75) is 31.6 Å². The van der Waals surface area contributed by atoms with Gasteiger partial charge in [0.25, 0.3) is 5.56 Å². The zero-order valence-corrected chi connectivity index (χ0v) is 14.2. The van der Waals surface area contributed by atoms with Gasteiger partial charge in [-0.25, -0.2) is 4.98 Å². The Morgan fingerprint density at radius 3 is 2.67 bits per heavy atom. The molecule has 21 heavy (non-hydrogen) atoms. The highest BCUT2D eigenvalue weighted by molar-refractivity contribution is 9.10. The van der Waals surface area contributed by atoms with Crippen LogP contribution in [-0.4, -0.2) is 9.97 Å². The van der Waals surface area contributed by atoms with Crippen LogP contribution in [0.15, 0.2) is 27.5 Å². The third kappa shape index (κ3) is 3.03. The molecule has 0 aliphatic heterocycles. The molecule has 0 spiro atoms. The van der Waals surface area contributed by atoms with Crippen molar-refractivity contribution in [2.75, 3.05) is 0 Å². The number of aromatic amines is 1. The minimum absolute atomic E-state index is 0.182. The molecule has 1 saturated carbocycles. The summed E-state index contributed by atoms with van der Waals surface area (Å²) in [6.45, 7) is 0. The second-order valence-corrected chi connectivity index (χ2v) is 6.86. The average Bonchev–Trinajstić information content (AvgIpc) is 2.98. The first-order chi connectivity index (χ1) is 10.1. The molecule has 1 heterocycles. The maximum Gasteiger partial charge on any atom is 0.265 e. The van der Waals surface area contributed by atoms with Gasteiger partial charge in [0, 0.05) is 16.5 Å². The van der Waals surface area contributed by atoms with Crippen molar-refractivity contribution in [1.29, 1.82) is 0 Å². The van der Waals surface area contributed by atoms with Crippen LogP contribution in [0.5, 0.6) is 0 Å². The number of H-pyrrole nitrogens is 1. The lowest BCUT2D eigenvalue weighted by molar-refractivity contribution is 0.688. The number of aromatic nitrogens is 2. The zero-order chi connectivity index (χ0) is 15.0. The minimum Gasteiger partial charge on any atom is -0.305 e. The van der Waals surface area contributed by atoms with Gasteiger partial charge in [-0.1, -0.05) is 36.0 Å². The standard InChI is InChI=1S/C15H13BrCl2N2O/c16-12-13(8-3-1-2-4-8)19-14(20-15(12)21)10-7-9(17)5-6-11(10)18/h5-8H,1-4H2,(H,19,20,21). The van der Waals surface area contributed by atoms with E-state index in [2.05, 4.69) is 25.9 Å². The van der Waals surface area contributed by atoms with Crippen LogP contribution in [-0.2, 0) is 0 Å². The summed E-state index contributed by atoms with van der Waals surface area (Å²) in [6, 6.07) is 5.13. The lowest BCUT2D eigenvalue weighted by Gasteiger charge is -2.13. The Hall–Kier alpha value is -0.840. The molecule has 1 N–H and O–H groups in total. The molecule has 110 valence electrons. The Bertz CT molecular complexity index is 739. The van der Waals surface area contributed by atoms with Crippen molar-refractivity contribution < 1.29 is 0 Å². The van der Waals surface area contributed by atoms with Gasteiger partial charge in [0.1, 0.15) is 10.3 Å². The number of rotatable bonds is 2. The average molecular weight is 388 g/mol. The fourth-order valence-electron chi connectivity index (χ4n) is 2.75. The van der Waals surface area contributed by atoms with Crippen molar-refractivity contribution in [2.24, 2.45) is 0 Å². The van der Waals surface area contributed by atoms with Crippen molar-refractivity contribution in [3.63, 3.8) is 0 Å². The Kier molecular flexibility index (Phi) is 4.38. The van der Waals surface area contributed by atoms with E-state index in [0.717, 1.165) is 18.5 Å². The van der Waals surface area contributed by atoms with Crippen LogP contribution in [0.25, 0.3) is 11.4 Å². The molecular weight excluding hydrogens is 375 g/mol. The van der Waals surface area contributed by atoms with Gasteiger partial charge in [0.15, 0.2) is 0 Å². The third-order valence-corrected chi connectivity index (χ3v) is 5.14. The first-order valence-electron chi connectivity index (χ1n) is 6.81. The first-order valence-corrected chi connectivity index (χ1v) is 8.36. The number of hydrogen-bond acceptors (Lipinski definition) is 2. The maximum absolute atomic E-state index is 12.2. The summed E-state index contributed by atoms with van der Waals surface area (Å²) < 4.78 is 0.524. The second-order valence-electron chi connectivity index (χ2n) is 5.22. The van der Waals surface area contributed by atoms with Crippen LogP contribution >= 0.6 is 39.1 Å². The lowest BCUT2D eigenvalue weighted by Crippen LogP contribution is -2.15. The molecule has 1 aromatic carbocycles. The number of nitrogens with one attached hydrogen (secondary N) is 1. The summed E-state index contributed by atoms with van der Waals surface area (Å²) in [5, 5.41) is 1.07. The van der Waals surface area contributed by atoms with Gasteiger partial charge >= 0.3 is 0 Å². The normalized spacial score (nSPS) is 15.6. The van der Waals surface area contributed by atoms with Crippen LogP contribution in [0.2, 0.25) is 10.0 Å². The van der Waals surface area contributed by atoms with E-state index in [4.69, 9.17) is 23.2 Å². The molecule has 0 unspecified atom stereocenters. The lowest BCUT2D eigenvalue weighted by atomic mass is 10.0. The first kappa shape index (κ1) is 15.1. The summed E-state index contributed by atoms with van der Waals surface area (Å²) in [5.74, 6) is 0.802. The quantitative estimate of drug-likeness (QED) is 0.772. The van der Waals surface area contributed by atoms with Gasteiger partial charge in [0.2, 0.25) is 0 Å². The van der Waals surface area contributed by atoms with E-state index >= 15 is 0 Å². The number of benzene rings is 1. The summed E-state index contributed by atoms with van der Waals surface area (Å²) in [4.78, 5) is 19.6. The van der Waals surface area contributed by atoms with Crippen molar-refractivity contribution in [3.05, 3.63) is 48.8 Å². The fourth-order valence-corrected chi connectivity index (χ4v) is 3.64. The number of hydrogen-bond donors (Lipinski definition) is 1. The van der Waals surface area contributed by atoms with Crippen molar-refractivity contribution in [1.82, 2.24) is 9.97 Å². The Labute approximate surface area is 140 Å². The van der Waals surface area contributed by atoms with Crippen LogP contribution < -0.4 is 5.56 Å². The third-order valence-electron chi connectivity index (χ3n) is 3.81. The maximum atomic E-state index is 12.2. The summed E-state index contributed by atoms with van der Waals surface area (Å²) in [5.41, 5.74) is 1.29. The highest BCUT2D eigenvalue weighted by Gasteiger charge is 2.23. The van der Waals surface area contributed by atoms with Crippen LogP contribution in [0.1, 0.15) is 37.3 Å². The van der Waals surface area contributed by atoms with E-state index < -0.39 is 0 Å². The molecular formula is C15H13BrCl2N2O. The molecule has 0 atom stereocenters. The largest absolute Gasteiger partial charge is 0.305 e. The van der Waals surface area contributed by atoms with E-state index in [-0.39, 0.29) is 5.56 Å². The molecule has 1 aliphatic rings. The predicted octanol–water partition coefficient (Wildman–Crippen LogP) is 5.16. The van der Waals surface area contributed by atoms with Gasteiger partial charge < -0.3 is 4.98 Å². The molecule has 1 aliphatic carbocycles. The van der Waals surface area contributed by atoms with E-state index in [1.165, 1.54) is 12.8 Å². The molecule has 0 amide bonds. The summed E-state index contributed by atoms with van der Waals surface area (Å²) >= 11 is 15.6. The van der Waals surface area contributed by atoms with Gasteiger partial charge in [-0.15, -0.1) is 0 Å². The number of halogens is 3. The molecule has 1 aromatic heterocycles. The van der Waals surface area contributed by atoms with Crippen LogP contribution in [0, 0.1) is 0 Å². The zero-order valence-electron chi connectivity index (χ0n) is 11.1. The van der Waals surface area contributed by atoms with E-state index in [1.54, 1.807) is 18.2 Å².